The Hall–Kier alpha value is -2.37. The Morgan fingerprint density at radius 3 is 2.82 bits per heavy atom. The number of nitrogens with two attached hydrogens (primary N) is 1. The van der Waals surface area contributed by atoms with Gasteiger partial charge in [-0.15, -0.1) is 0 Å². The highest BCUT2D eigenvalue weighted by atomic mass is 19.1. The van der Waals surface area contributed by atoms with Gasteiger partial charge in [0.2, 0.25) is 0 Å². The topological polar surface area (TPSA) is 72.9 Å². The van der Waals surface area contributed by atoms with E-state index in [1.54, 1.807) is 13.2 Å². The van der Waals surface area contributed by atoms with Gasteiger partial charge in [0.15, 0.2) is 0 Å². The highest BCUT2D eigenvalue weighted by Gasteiger charge is 2.08. The molecule has 1 aromatic carbocycles. The molecule has 0 aliphatic heterocycles. The van der Waals surface area contributed by atoms with E-state index < -0.39 is 5.82 Å². The number of nitrogens with one attached hydrogen (secondary N) is 1. The van der Waals surface area contributed by atoms with Gasteiger partial charge in [0.25, 0.3) is 5.91 Å². The maximum Gasteiger partial charge on any atom is 0.258 e. The van der Waals surface area contributed by atoms with Crippen molar-refractivity contribution in [2.24, 2.45) is 7.05 Å². The van der Waals surface area contributed by atoms with Crippen LogP contribution in [0.3, 0.4) is 0 Å². The van der Waals surface area contributed by atoms with Crippen molar-refractivity contribution in [2.45, 2.75) is 0 Å². The van der Waals surface area contributed by atoms with Gasteiger partial charge in [-0.25, -0.2) is 4.39 Å². The molecule has 17 heavy (non-hydrogen) atoms. The Bertz CT molecular complexity index is 544. The molecule has 0 aliphatic rings. The van der Waals surface area contributed by atoms with E-state index in [-0.39, 0.29) is 11.6 Å². The van der Waals surface area contributed by atoms with Gasteiger partial charge in [-0.1, -0.05) is 0 Å². The van der Waals surface area contributed by atoms with E-state index in [0.717, 1.165) is 0 Å². The highest BCUT2D eigenvalue weighted by molar-refractivity contribution is 6.04. The number of carbonyl (C=O) groups excluding carboxylic acids is 1. The molecule has 1 heterocycles. The molecule has 1 amide bonds. The normalized spacial score (nSPS) is 10.2. The summed E-state index contributed by atoms with van der Waals surface area (Å²) in [4.78, 5) is 11.7. The molecule has 0 radical (unpaired) electrons. The predicted molar refractivity (Wildman–Crippen MR) is 62.0 cm³/mol. The third kappa shape index (κ3) is 2.60. The van der Waals surface area contributed by atoms with Crippen molar-refractivity contribution in [3.8, 4) is 0 Å². The molecule has 3 N–H and O–H groups in total. The molecule has 6 heteroatoms. The average Bonchev–Trinajstić information content (AvgIpc) is 2.63. The summed E-state index contributed by atoms with van der Waals surface area (Å²) >= 11 is 0. The summed E-state index contributed by atoms with van der Waals surface area (Å²) in [6.45, 7) is 0. The Morgan fingerprint density at radius 2 is 2.24 bits per heavy atom. The largest absolute Gasteiger partial charge is 0.399 e. The Labute approximate surface area is 97.0 Å². The van der Waals surface area contributed by atoms with Crippen LogP contribution >= 0.6 is 0 Å². The smallest absolute Gasteiger partial charge is 0.258 e. The molecule has 0 atom stereocenters. The van der Waals surface area contributed by atoms with Crippen molar-refractivity contribution >= 4 is 17.3 Å². The van der Waals surface area contributed by atoms with Crippen LogP contribution in [-0.2, 0) is 7.05 Å². The molecule has 2 aromatic rings. The number of halogens is 1. The molecule has 0 saturated carbocycles. The molecule has 0 saturated heterocycles. The third-order valence-corrected chi connectivity index (χ3v) is 2.15. The number of hydrogen-bond donors (Lipinski definition) is 2. The van der Waals surface area contributed by atoms with Gasteiger partial charge in [-0.05, 0) is 18.2 Å². The number of aryl methyl sites for hydroxylation is 1. The summed E-state index contributed by atoms with van der Waals surface area (Å²) in [6, 6.07) is 3.86. The van der Waals surface area contributed by atoms with Crippen LogP contribution in [0.5, 0.6) is 0 Å². The van der Waals surface area contributed by atoms with Crippen molar-refractivity contribution in [3.05, 3.63) is 42.0 Å². The number of amides is 1. The summed E-state index contributed by atoms with van der Waals surface area (Å²) in [5, 5.41) is 6.41. The first-order valence-corrected chi connectivity index (χ1v) is 4.90. The maximum absolute atomic E-state index is 13.0. The quantitative estimate of drug-likeness (QED) is 0.771. The molecule has 5 nitrogen and oxygen atoms in total. The van der Waals surface area contributed by atoms with Gasteiger partial charge in [0, 0.05) is 24.6 Å². The monoisotopic (exact) mass is 234 g/mol. The second kappa shape index (κ2) is 4.25. The van der Waals surface area contributed by atoms with Crippen LogP contribution in [0.1, 0.15) is 10.4 Å². The summed E-state index contributed by atoms with van der Waals surface area (Å²) in [6.07, 6.45) is 3.00. The Balaban J connectivity index is 2.18. The van der Waals surface area contributed by atoms with Crippen LogP contribution < -0.4 is 11.1 Å². The van der Waals surface area contributed by atoms with Gasteiger partial charge >= 0.3 is 0 Å². The summed E-state index contributed by atoms with van der Waals surface area (Å²) in [7, 11) is 1.71. The fourth-order valence-corrected chi connectivity index (χ4v) is 1.43. The van der Waals surface area contributed by atoms with E-state index in [2.05, 4.69) is 10.4 Å². The molecule has 0 unspecified atom stereocenters. The molecule has 0 bridgehead atoms. The lowest BCUT2D eigenvalue weighted by Gasteiger charge is -2.04. The first kappa shape index (κ1) is 11.1. The lowest BCUT2D eigenvalue weighted by atomic mass is 10.2. The number of rotatable bonds is 2. The van der Waals surface area contributed by atoms with Crippen molar-refractivity contribution in [1.29, 1.82) is 0 Å². The first-order chi connectivity index (χ1) is 8.04. The van der Waals surface area contributed by atoms with Crippen LogP contribution in [0.25, 0.3) is 0 Å². The second-order valence-corrected chi connectivity index (χ2v) is 3.63. The summed E-state index contributed by atoms with van der Waals surface area (Å²) in [5.41, 5.74) is 6.44. The van der Waals surface area contributed by atoms with E-state index in [4.69, 9.17) is 5.73 Å². The van der Waals surface area contributed by atoms with E-state index in [9.17, 15) is 9.18 Å². The number of nitrogen functional groups attached to an aromatic ring is 1. The molecule has 0 fully saturated rings. The van der Waals surface area contributed by atoms with E-state index in [1.165, 1.54) is 29.1 Å². The zero-order chi connectivity index (χ0) is 12.4. The number of carbonyl (C=O) groups is 1. The van der Waals surface area contributed by atoms with Crippen LogP contribution in [0, 0.1) is 5.82 Å². The van der Waals surface area contributed by atoms with Crippen LogP contribution in [0.4, 0.5) is 15.8 Å². The van der Waals surface area contributed by atoms with Gasteiger partial charge in [0.05, 0.1) is 11.8 Å². The molecule has 0 spiro atoms. The van der Waals surface area contributed by atoms with Gasteiger partial charge in [0.1, 0.15) is 5.82 Å². The van der Waals surface area contributed by atoms with Crippen LogP contribution in [-0.4, -0.2) is 15.7 Å². The second-order valence-electron chi connectivity index (χ2n) is 3.63. The fourth-order valence-electron chi connectivity index (χ4n) is 1.43. The van der Waals surface area contributed by atoms with Gasteiger partial charge in [-0.3, -0.25) is 9.48 Å². The lowest BCUT2D eigenvalue weighted by Crippen LogP contribution is -2.11. The number of benzene rings is 1. The standard InChI is InChI=1S/C11H11FN4O/c1-16-6-7(5-14-16)11(17)15-10-3-8(12)2-9(13)4-10/h2-6H,13H2,1H3,(H,15,17). The maximum atomic E-state index is 13.0. The molecule has 1 aromatic heterocycles. The molecule has 0 aliphatic carbocycles. The zero-order valence-corrected chi connectivity index (χ0v) is 9.14. The van der Waals surface area contributed by atoms with E-state index >= 15 is 0 Å². The summed E-state index contributed by atoms with van der Waals surface area (Å²) < 4.78 is 14.5. The minimum Gasteiger partial charge on any atom is -0.399 e. The SMILES string of the molecule is Cn1cc(C(=O)Nc2cc(N)cc(F)c2)cn1. The molecular formula is C11H11FN4O. The minimum atomic E-state index is -0.494. The van der Waals surface area contributed by atoms with Crippen molar-refractivity contribution < 1.29 is 9.18 Å². The lowest BCUT2D eigenvalue weighted by molar-refractivity contribution is 0.102. The Kier molecular flexibility index (Phi) is 2.78. The fraction of sp³-hybridized carbons (Fsp3) is 0.0909. The molecule has 88 valence electrons. The number of hydrogen-bond acceptors (Lipinski definition) is 3. The van der Waals surface area contributed by atoms with Gasteiger partial charge in [-0.2, -0.15) is 5.10 Å². The zero-order valence-electron chi connectivity index (χ0n) is 9.14. The number of aromatic nitrogens is 2. The molecule has 2 rings (SSSR count). The van der Waals surface area contributed by atoms with Crippen molar-refractivity contribution in [1.82, 2.24) is 9.78 Å². The average molecular weight is 234 g/mol. The van der Waals surface area contributed by atoms with Crippen LogP contribution in [0.2, 0.25) is 0 Å². The minimum absolute atomic E-state index is 0.256. The first-order valence-electron chi connectivity index (χ1n) is 4.90. The van der Waals surface area contributed by atoms with E-state index in [1.807, 2.05) is 0 Å². The van der Waals surface area contributed by atoms with Crippen molar-refractivity contribution in [3.63, 3.8) is 0 Å². The predicted octanol–water partition coefficient (Wildman–Crippen LogP) is 1.39. The van der Waals surface area contributed by atoms with E-state index in [0.29, 0.717) is 11.3 Å². The third-order valence-electron chi connectivity index (χ3n) is 2.15. The summed E-state index contributed by atoms with van der Waals surface area (Å²) in [5.74, 6) is -0.852. The highest BCUT2D eigenvalue weighted by Crippen LogP contribution is 2.16. The number of anilines is 2. The van der Waals surface area contributed by atoms with Gasteiger partial charge < -0.3 is 11.1 Å². The van der Waals surface area contributed by atoms with Crippen molar-refractivity contribution in [2.75, 3.05) is 11.1 Å². The number of nitrogens with zero attached hydrogens (tertiary/aromatic N) is 2. The molecular weight excluding hydrogens is 223 g/mol. The van der Waals surface area contributed by atoms with Crippen LogP contribution in [0.15, 0.2) is 30.6 Å². The Morgan fingerprint density at radius 1 is 1.47 bits per heavy atom.